The second-order valence-corrected chi connectivity index (χ2v) is 2.58. The van der Waals surface area contributed by atoms with Crippen LogP contribution in [0.2, 0.25) is 0 Å². The lowest BCUT2D eigenvalue weighted by Gasteiger charge is -2.00. The van der Waals surface area contributed by atoms with E-state index in [1.54, 1.807) is 17.9 Å². The Morgan fingerprint density at radius 2 is 2.50 bits per heavy atom. The van der Waals surface area contributed by atoms with E-state index < -0.39 is 12.1 Å². The van der Waals surface area contributed by atoms with Crippen LogP contribution >= 0.6 is 0 Å². The average Bonchev–Trinajstić information content (AvgIpc) is 2.35. The van der Waals surface area contributed by atoms with Crippen LogP contribution in [0.3, 0.4) is 0 Å². The summed E-state index contributed by atoms with van der Waals surface area (Å²) in [6, 6.07) is 0. The van der Waals surface area contributed by atoms with E-state index >= 15 is 0 Å². The Kier molecular flexibility index (Phi) is 2.44. The molecule has 1 rings (SSSR count). The largest absolute Gasteiger partial charge is 0.479 e. The number of aromatic nitrogens is 2. The first-order chi connectivity index (χ1) is 5.59. The average molecular weight is 170 g/mol. The first-order valence-corrected chi connectivity index (χ1v) is 3.48. The summed E-state index contributed by atoms with van der Waals surface area (Å²) in [5.74, 6) is -1.21. The number of aliphatic carboxylic acids is 1. The second-order valence-electron chi connectivity index (χ2n) is 2.58. The number of aliphatic hydroxyl groups is 1. The van der Waals surface area contributed by atoms with Gasteiger partial charge >= 0.3 is 5.97 Å². The highest BCUT2D eigenvalue weighted by Crippen LogP contribution is 2.01. The Bertz CT molecular complexity index is 282. The van der Waals surface area contributed by atoms with Crippen LogP contribution in [0.4, 0.5) is 0 Å². The zero-order valence-corrected chi connectivity index (χ0v) is 6.64. The summed E-state index contributed by atoms with van der Waals surface area (Å²) >= 11 is 0. The molecule has 2 N–H and O–H groups in total. The molecule has 5 nitrogen and oxygen atoms in total. The standard InChI is InChI=1S/C7H10N2O3/c1-9-4-5(3-8-9)2-6(10)7(11)12/h3-4,6,10H,2H2,1H3,(H,11,12)/t6-/m1/s1. The van der Waals surface area contributed by atoms with Crippen LogP contribution in [-0.4, -0.2) is 32.1 Å². The molecule has 1 atom stereocenters. The summed E-state index contributed by atoms with van der Waals surface area (Å²) < 4.78 is 1.56. The van der Waals surface area contributed by atoms with Crippen LogP contribution in [0.25, 0.3) is 0 Å². The fourth-order valence-electron chi connectivity index (χ4n) is 0.888. The number of carboxylic acid groups (broad SMARTS) is 1. The minimum absolute atomic E-state index is 0.100. The highest BCUT2D eigenvalue weighted by molar-refractivity contribution is 5.72. The number of carboxylic acids is 1. The molecule has 1 heterocycles. The third-order valence-corrected chi connectivity index (χ3v) is 1.47. The van der Waals surface area contributed by atoms with Crippen LogP contribution in [0.1, 0.15) is 5.56 Å². The predicted molar refractivity (Wildman–Crippen MR) is 40.6 cm³/mol. The lowest BCUT2D eigenvalue weighted by molar-refractivity contribution is -0.146. The lowest BCUT2D eigenvalue weighted by Crippen LogP contribution is -2.21. The Labute approximate surface area is 69.2 Å². The molecule has 12 heavy (non-hydrogen) atoms. The van der Waals surface area contributed by atoms with Gasteiger partial charge in [0.15, 0.2) is 6.10 Å². The molecule has 0 aliphatic rings. The number of aryl methyl sites for hydroxylation is 1. The van der Waals surface area contributed by atoms with Gasteiger partial charge in [0.05, 0.1) is 6.20 Å². The van der Waals surface area contributed by atoms with Crippen molar-refractivity contribution in [2.45, 2.75) is 12.5 Å². The van der Waals surface area contributed by atoms with E-state index in [9.17, 15) is 4.79 Å². The molecular weight excluding hydrogens is 160 g/mol. The van der Waals surface area contributed by atoms with Crippen molar-refractivity contribution in [2.75, 3.05) is 0 Å². The fourth-order valence-corrected chi connectivity index (χ4v) is 0.888. The van der Waals surface area contributed by atoms with Gasteiger partial charge in [-0.2, -0.15) is 5.10 Å². The van der Waals surface area contributed by atoms with Crippen molar-refractivity contribution in [1.29, 1.82) is 0 Å². The van der Waals surface area contributed by atoms with Gasteiger partial charge in [-0.1, -0.05) is 0 Å². The summed E-state index contributed by atoms with van der Waals surface area (Å²) in [6.45, 7) is 0. The van der Waals surface area contributed by atoms with Crippen molar-refractivity contribution < 1.29 is 15.0 Å². The van der Waals surface area contributed by atoms with E-state index in [1.165, 1.54) is 6.20 Å². The van der Waals surface area contributed by atoms with Crippen molar-refractivity contribution in [1.82, 2.24) is 9.78 Å². The maximum Gasteiger partial charge on any atom is 0.332 e. The maximum atomic E-state index is 10.2. The zero-order valence-electron chi connectivity index (χ0n) is 6.64. The summed E-state index contributed by atoms with van der Waals surface area (Å²) in [5.41, 5.74) is 0.715. The van der Waals surface area contributed by atoms with Gasteiger partial charge in [0.25, 0.3) is 0 Å². The highest BCUT2D eigenvalue weighted by atomic mass is 16.4. The maximum absolute atomic E-state index is 10.2. The fraction of sp³-hybridized carbons (Fsp3) is 0.429. The van der Waals surface area contributed by atoms with Crippen LogP contribution in [0.15, 0.2) is 12.4 Å². The highest BCUT2D eigenvalue weighted by Gasteiger charge is 2.14. The van der Waals surface area contributed by atoms with Crippen LogP contribution in [-0.2, 0) is 18.3 Å². The Morgan fingerprint density at radius 1 is 1.83 bits per heavy atom. The van der Waals surface area contributed by atoms with Gasteiger partial charge in [0, 0.05) is 19.7 Å². The van der Waals surface area contributed by atoms with Crippen LogP contribution < -0.4 is 0 Å². The Balaban J connectivity index is 2.58. The van der Waals surface area contributed by atoms with Gasteiger partial charge in [-0.15, -0.1) is 0 Å². The predicted octanol–water partition coefficient (Wildman–Crippen LogP) is -0.592. The van der Waals surface area contributed by atoms with E-state index in [0.29, 0.717) is 5.56 Å². The normalized spacial score (nSPS) is 12.8. The first kappa shape index (κ1) is 8.73. The summed E-state index contributed by atoms with van der Waals surface area (Å²) in [6.07, 6.45) is 1.97. The molecule has 0 spiro atoms. The van der Waals surface area contributed by atoms with Gasteiger partial charge in [-0.25, -0.2) is 4.79 Å². The molecule has 0 aliphatic heterocycles. The quantitative estimate of drug-likeness (QED) is 0.635. The Morgan fingerprint density at radius 3 is 2.92 bits per heavy atom. The summed E-state index contributed by atoms with van der Waals surface area (Å²) in [5, 5.41) is 21.2. The number of hydrogen-bond donors (Lipinski definition) is 2. The van der Waals surface area contributed by atoms with Gasteiger partial charge in [-0.05, 0) is 5.56 Å². The Hall–Kier alpha value is -1.36. The summed E-state index contributed by atoms with van der Waals surface area (Å²) in [7, 11) is 1.73. The molecule has 0 bridgehead atoms. The third kappa shape index (κ3) is 2.06. The number of nitrogens with zero attached hydrogens (tertiary/aromatic N) is 2. The second kappa shape index (κ2) is 3.36. The molecular formula is C7H10N2O3. The molecule has 0 aliphatic carbocycles. The molecule has 1 aromatic heterocycles. The summed E-state index contributed by atoms with van der Waals surface area (Å²) in [4.78, 5) is 10.2. The molecule has 0 aromatic carbocycles. The molecule has 0 saturated carbocycles. The van der Waals surface area contributed by atoms with Gasteiger partial charge in [0.2, 0.25) is 0 Å². The van der Waals surface area contributed by atoms with E-state index in [2.05, 4.69) is 5.10 Å². The molecule has 0 amide bonds. The number of rotatable bonds is 3. The molecule has 0 saturated heterocycles. The molecule has 1 aromatic rings. The SMILES string of the molecule is Cn1cc(C[C@@H](O)C(=O)O)cn1. The minimum atomic E-state index is -1.34. The molecule has 0 radical (unpaired) electrons. The van der Waals surface area contributed by atoms with Crippen LogP contribution in [0.5, 0.6) is 0 Å². The lowest BCUT2D eigenvalue weighted by atomic mass is 10.2. The molecule has 0 fully saturated rings. The molecule has 0 unspecified atom stereocenters. The van der Waals surface area contributed by atoms with Gasteiger partial charge in [-0.3, -0.25) is 4.68 Å². The van der Waals surface area contributed by atoms with E-state index in [1.807, 2.05) is 0 Å². The number of hydrogen-bond acceptors (Lipinski definition) is 3. The number of aliphatic hydroxyl groups excluding tert-OH is 1. The van der Waals surface area contributed by atoms with Crippen molar-refractivity contribution in [2.24, 2.45) is 7.05 Å². The van der Waals surface area contributed by atoms with E-state index in [-0.39, 0.29) is 6.42 Å². The van der Waals surface area contributed by atoms with E-state index in [4.69, 9.17) is 10.2 Å². The van der Waals surface area contributed by atoms with Gasteiger partial charge < -0.3 is 10.2 Å². The van der Waals surface area contributed by atoms with Crippen molar-refractivity contribution >= 4 is 5.97 Å². The number of carbonyl (C=O) groups is 1. The topological polar surface area (TPSA) is 75.4 Å². The van der Waals surface area contributed by atoms with Crippen molar-refractivity contribution in [3.63, 3.8) is 0 Å². The van der Waals surface area contributed by atoms with Crippen molar-refractivity contribution in [3.8, 4) is 0 Å². The van der Waals surface area contributed by atoms with Crippen molar-refractivity contribution in [3.05, 3.63) is 18.0 Å². The van der Waals surface area contributed by atoms with Gasteiger partial charge in [0.1, 0.15) is 0 Å². The third-order valence-electron chi connectivity index (χ3n) is 1.47. The smallest absolute Gasteiger partial charge is 0.332 e. The van der Waals surface area contributed by atoms with E-state index in [0.717, 1.165) is 0 Å². The first-order valence-electron chi connectivity index (χ1n) is 3.48. The molecule has 5 heteroatoms. The monoisotopic (exact) mass is 170 g/mol. The van der Waals surface area contributed by atoms with Crippen LogP contribution in [0, 0.1) is 0 Å². The minimum Gasteiger partial charge on any atom is -0.479 e. The molecule has 66 valence electrons. The zero-order chi connectivity index (χ0) is 9.14.